The Bertz CT molecular complexity index is 476. The van der Waals surface area contributed by atoms with Gasteiger partial charge in [0.1, 0.15) is 11.3 Å². The molecule has 2 rings (SSSR count). The standard InChI is InChI=1S/C7H3ClFN3O/c8-7-10-5-2-1-4(9)3-6(5)12(13)11-7/h1-3H. The molecule has 0 radical (unpaired) electrons. The van der Waals surface area contributed by atoms with E-state index in [0.717, 1.165) is 6.07 Å². The van der Waals surface area contributed by atoms with Crippen molar-refractivity contribution in [2.24, 2.45) is 0 Å². The maximum absolute atomic E-state index is 12.7. The first kappa shape index (κ1) is 8.12. The smallest absolute Gasteiger partial charge is 0.290 e. The summed E-state index contributed by atoms with van der Waals surface area (Å²) in [6.45, 7) is 0. The van der Waals surface area contributed by atoms with Crippen LogP contribution in [0.4, 0.5) is 4.39 Å². The number of rotatable bonds is 0. The molecule has 66 valence electrons. The lowest BCUT2D eigenvalue weighted by atomic mass is 10.3. The molecule has 4 nitrogen and oxygen atoms in total. The Balaban J connectivity index is 2.87. The van der Waals surface area contributed by atoms with Gasteiger partial charge < -0.3 is 5.21 Å². The maximum Gasteiger partial charge on any atom is 0.290 e. The molecule has 0 fully saturated rings. The predicted molar refractivity (Wildman–Crippen MR) is 43.5 cm³/mol. The van der Waals surface area contributed by atoms with Gasteiger partial charge >= 0.3 is 0 Å². The summed E-state index contributed by atoms with van der Waals surface area (Å²) < 4.78 is 12.7. The maximum atomic E-state index is 12.7. The highest BCUT2D eigenvalue weighted by molar-refractivity contribution is 6.28. The lowest BCUT2D eigenvalue weighted by molar-refractivity contribution is -0.643. The quantitative estimate of drug-likeness (QED) is 0.471. The number of nitrogens with zero attached hydrogens (tertiary/aromatic N) is 3. The first-order chi connectivity index (χ1) is 6.16. The van der Waals surface area contributed by atoms with Gasteiger partial charge in [0.25, 0.3) is 10.8 Å². The number of hydrogen-bond acceptors (Lipinski definition) is 3. The number of benzene rings is 1. The van der Waals surface area contributed by atoms with Crippen LogP contribution in [-0.2, 0) is 0 Å². The molecule has 1 aromatic carbocycles. The Kier molecular flexibility index (Phi) is 1.73. The molecule has 0 aliphatic heterocycles. The molecule has 0 unspecified atom stereocenters. The molecule has 0 atom stereocenters. The summed E-state index contributed by atoms with van der Waals surface area (Å²) in [5.74, 6) is -0.511. The molecular weight excluding hydrogens is 197 g/mol. The Morgan fingerprint density at radius 3 is 3.00 bits per heavy atom. The Labute approximate surface area is 77.2 Å². The van der Waals surface area contributed by atoms with E-state index in [1.165, 1.54) is 12.1 Å². The summed E-state index contributed by atoms with van der Waals surface area (Å²) in [5.41, 5.74) is 0.376. The zero-order chi connectivity index (χ0) is 9.42. The van der Waals surface area contributed by atoms with Crippen LogP contribution in [0.3, 0.4) is 0 Å². The molecular formula is C7H3ClFN3O. The van der Waals surface area contributed by atoms with Crippen LogP contribution in [0, 0.1) is 11.0 Å². The van der Waals surface area contributed by atoms with Crippen LogP contribution in [0.15, 0.2) is 18.2 Å². The Hall–Kier alpha value is -1.49. The monoisotopic (exact) mass is 199 g/mol. The highest BCUT2D eigenvalue weighted by atomic mass is 35.5. The molecule has 6 heteroatoms. The van der Waals surface area contributed by atoms with Crippen molar-refractivity contribution in [2.45, 2.75) is 0 Å². The van der Waals surface area contributed by atoms with Crippen LogP contribution < -0.4 is 4.85 Å². The van der Waals surface area contributed by atoms with E-state index < -0.39 is 5.82 Å². The van der Waals surface area contributed by atoms with Crippen molar-refractivity contribution >= 4 is 22.6 Å². The second kappa shape index (κ2) is 2.77. The van der Waals surface area contributed by atoms with Gasteiger partial charge in [-0.3, -0.25) is 0 Å². The third-order valence-corrected chi connectivity index (χ3v) is 1.69. The van der Waals surface area contributed by atoms with Crippen molar-refractivity contribution in [2.75, 3.05) is 0 Å². The van der Waals surface area contributed by atoms with Crippen LogP contribution >= 0.6 is 11.6 Å². The van der Waals surface area contributed by atoms with Crippen LogP contribution in [-0.4, -0.2) is 10.1 Å². The highest BCUT2D eigenvalue weighted by Crippen LogP contribution is 2.10. The van der Waals surface area contributed by atoms with Gasteiger partial charge in [-0.1, -0.05) is 0 Å². The van der Waals surface area contributed by atoms with Gasteiger partial charge in [-0.2, -0.15) is 0 Å². The van der Waals surface area contributed by atoms with E-state index >= 15 is 0 Å². The summed E-state index contributed by atoms with van der Waals surface area (Å²) in [6, 6.07) is 3.62. The van der Waals surface area contributed by atoms with Gasteiger partial charge in [0.15, 0.2) is 0 Å². The minimum Gasteiger partial charge on any atom is -0.594 e. The summed E-state index contributed by atoms with van der Waals surface area (Å²) in [7, 11) is 0. The number of aromatic nitrogens is 3. The molecule has 0 saturated carbocycles. The lowest BCUT2D eigenvalue weighted by Gasteiger charge is -1.97. The third kappa shape index (κ3) is 1.38. The molecule has 2 aromatic rings. The van der Waals surface area contributed by atoms with Crippen molar-refractivity contribution < 1.29 is 9.24 Å². The first-order valence-corrected chi connectivity index (χ1v) is 3.77. The fourth-order valence-corrected chi connectivity index (χ4v) is 1.15. The van der Waals surface area contributed by atoms with E-state index in [1.807, 2.05) is 0 Å². The van der Waals surface area contributed by atoms with Gasteiger partial charge in [0.2, 0.25) is 0 Å². The van der Waals surface area contributed by atoms with Crippen LogP contribution in [0.1, 0.15) is 0 Å². The van der Waals surface area contributed by atoms with E-state index in [-0.39, 0.29) is 15.6 Å². The topological polar surface area (TPSA) is 52.7 Å². The molecule has 0 amide bonds. The average Bonchev–Trinajstić information content (AvgIpc) is 2.06. The Morgan fingerprint density at radius 2 is 2.23 bits per heavy atom. The fraction of sp³-hybridized carbons (Fsp3) is 0. The SMILES string of the molecule is [O-][n+]1nc(Cl)nc2ccc(F)cc21. The molecule has 0 N–H and O–H groups in total. The third-order valence-electron chi connectivity index (χ3n) is 1.53. The second-order valence-corrected chi connectivity index (χ2v) is 2.72. The molecule has 0 saturated heterocycles. The van der Waals surface area contributed by atoms with E-state index in [4.69, 9.17) is 11.6 Å². The van der Waals surface area contributed by atoms with Gasteiger partial charge in [-0.15, -0.1) is 0 Å². The largest absolute Gasteiger partial charge is 0.594 e. The molecule has 1 aromatic heterocycles. The first-order valence-electron chi connectivity index (χ1n) is 3.39. The summed E-state index contributed by atoms with van der Waals surface area (Å²) in [5, 5.41) is 14.2. The zero-order valence-corrected chi connectivity index (χ0v) is 6.99. The summed E-state index contributed by atoms with van der Waals surface area (Å²) in [4.78, 5) is 3.99. The molecule has 0 aliphatic rings. The number of fused-ring (bicyclic) bond motifs is 1. The zero-order valence-electron chi connectivity index (χ0n) is 6.24. The van der Waals surface area contributed by atoms with E-state index in [2.05, 4.69) is 10.1 Å². The van der Waals surface area contributed by atoms with Crippen molar-refractivity contribution in [1.82, 2.24) is 10.1 Å². The average molecular weight is 200 g/mol. The van der Waals surface area contributed by atoms with Crippen LogP contribution in [0.25, 0.3) is 11.0 Å². The summed E-state index contributed by atoms with van der Waals surface area (Å²) in [6.07, 6.45) is 0. The van der Waals surface area contributed by atoms with E-state index in [9.17, 15) is 9.60 Å². The molecule has 0 bridgehead atoms. The van der Waals surface area contributed by atoms with Crippen molar-refractivity contribution in [1.29, 1.82) is 0 Å². The van der Waals surface area contributed by atoms with E-state index in [1.54, 1.807) is 0 Å². The van der Waals surface area contributed by atoms with Crippen LogP contribution in [0.2, 0.25) is 5.28 Å². The van der Waals surface area contributed by atoms with Crippen molar-refractivity contribution in [3.05, 3.63) is 34.5 Å². The fourth-order valence-electron chi connectivity index (χ4n) is 0.995. The minimum absolute atomic E-state index is 0.0596. The minimum atomic E-state index is -0.511. The molecule has 1 heterocycles. The van der Waals surface area contributed by atoms with Gasteiger partial charge in [-0.05, 0) is 28.6 Å². The molecule has 0 aliphatic carbocycles. The van der Waals surface area contributed by atoms with Gasteiger partial charge in [0.05, 0.1) is 6.07 Å². The summed E-state index contributed by atoms with van der Waals surface area (Å²) >= 11 is 5.43. The normalized spacial score (nSPS) is 10.6. The van der Waals surface area contributed by atoms with Crippen molar-refractivity contribution in [3.63, 3.8) is 0 Å². The Morgan fingerprint density at radius 1 is 1.46 bits per heavy atom. The van der Waals surface area contributed by atoms with Gasteiger partial charge in [0, 0.05) is 5.10 Å². The van der Waals surface area contributed by atoms with Crippen molar-refractivity contribution in [3.8, 4) is 0 Å². The lowest BCUT2D eigenvalue weighted by Crippen LogP contribution is -2.32. The highest BCUT2D eigenvalue weighted by Gasteiger charge is 2.09. The number of hydrogen-bond donors (Lipinski definition) is 0. The predicted octanol–water partition coefficient (Wildman–Crippen LogP) is 1.06. The number of halogens is 2. The molecule has 13 heavy (non-hydrogen) atoms. The van der Waals surface area contributed by atoms with Crippen LogP contribution in [0.5, 0.6) is 0 Å². The molecule has 0 spiro atoms. The second-order valence-electron chi connectivity index (χ2n) is 2.39. The van der Waals surface area contributed by atoms with E-state index in [0.29, 0.717) is 5.52 Å². The van der Waals surface area contributed by atoms with Gasteiger partial charge in [-0.25, -0.2) is 9.37 Å².